The molecule has 0 aliphatic carbocycles. The minimum Gasteiger partial charge on any atom is -0.365 e. The van der Waals surface area contributed by atoms with E-state index in [4.69, 9.17) is 0 Å². The van der Waals surface area contributed by atoms with E-state index in [1.807, 2.05) is 49.4 Å². The molecule has 4 rings (SSSR count). The Morgan fingerprint density at radius 3 is 2.20 bits per heavy atom. The van der Waals surface area contributed by atoms with Gasteiger partial charge < -0.3 is 10.2 Å². The fourth-order valence-corrected chi connectivity index (χ4v) is 4.82. The van der Waals surface area contributed by atoms with Crippen LogP contribution >= 0.6 is 0 Å². The first-order chi connectivity index (χ1) is 14.5. The summed E-state index contributed by atoms with van der Waals surface area (Å²) in [6.45, 7) is 4.63. The van der Waals surface area contributed by atoms with Crippen molar-refractivity contribution in [2.45, 2.75) is 18.4 Å². The highest BCUT2D eigenvalue weighted by Crippen LogP contribution is 2.20. The highest BCUT2D eigenvalue weighted by Gasteiger charge is 2.28. The smallest absolute Gasteiger partial charge is 0.243 e. The summed E-state index contributed by atoms with van der Waals surface area (Å²) in [5.74, 6) is 1.47. The van der Waals surface area contributed by atoms with E-state index in [9.17, 15) is 8.42 Å². The fourth-order valence-electron chi connectivity index (χ4n) is 3.39. The zero-order chi connectivity index (χ0) is 21.0. The Labute approximate surface area is 177 Å². The lowest BCUT2D eigenvalue weighted by Gasteiger charge is -2.34. The highest BCUT2D eigenvalue weighted by molar-refractivity contribution is 7.89. The third-order valence-corrected chi connectivity index (χ3v) is 7.10. The van der Waals surface area contributed by atoms with E-state index in [2.05, 4.69) is 32.5 Å². The summed E-state index contributed by atoms with van der Waals surface area (Å²) in [6, 6.07) is 20.9. The number of hydrogen-bond donors (Lipinski definition) is 1. The summed E-state index contributed by atoms with van der Waals surface area (Å²) in [4.78, 5) is 2.41. The van der Waals surface area contributed by atoms with Gasteiger partial charge in [0.2, 0.25) is 10.0 Å². The van der Waals surface area contributed by atoms with Crippen LogP contribution in [0.25, 0.3) is 0 Å². The van der Waals surface area contributed by atoms with Crippen LogP contribution in [-0.2, 0) is 16.6 Å². The summed E-state index contributed by atoms with van der Waals surface area (Å²) in [5.41, 5.74) is 2.22. The van der Waals surface area contributed by atoms with Crippen LogP contribution in [0, 0.1) is 6.92 Å². The van der Waals surface area contributed by atoms with Crippen molar-refractivity contribution in [3.05, 3.63) is 77.9 Å². The molecule has 2 aromatic carbocycles. The molecule has 0 amide bonds. The molecule has 1 saturated heterocycles. The predicted molar refractivity (Wildman–Crippen MR) is 118 cm³/mol. The van der Waals surface area contributed by atoms with Crippen molar-refractivity contribution < 1.29 is 8.42 Å². The molecule has 3 aromatic rings. The van der Waals surface area contributed by atoms with Crippen LogP contribution in [0.3, 0.4) is 0 Å². The summed E-state index contributed by atoms with van der Waals surface area (Å²) in [6.07, 6.45) is 0. The first-order valence-electron chi connectivity index (χ1n) is 9.96. The first-order valence-corrected chi connectivity index (χ1v) is 11.4. The number of sulfonamides is 1. The van der Waals surface area contributed by atoms with Crippen molar-refractivity contribution in [3.8, 4) is 0 Å². The van der Waals surface area contributed by atoms with Gasteiger partial charge in [-0.05, 0) is 36.8 Å². The SMILES string of the molecule is Cc1ccc(S(=O)(=O)N2CCN(c3ccc(NCc4ccccc4)nn3)CC2)cc1. The Bertz CT molecular complexity index is 1060. The van der Waals surface area contributed by atoms with E-state index in [1.54, 1.807) is 12.1 Å². The Morgan fingerprint density at radius 1 is 0.867 bits per heavy atom. The second-order valence-corrected chi connectivity index (χ2v) is 9.26. The standard InChI is InChI=1S/C22H25N5O2S/c1-18-7-9-20(10-8-18)30(28,29)27-15-13-26(14-16-27)22-12-11-21(24-25-22)23-17-19-5-3-2-4-6-19/h2-12H,13-17H2,1H3,(H,23,24). The monoisotopic (exact) mass is 423 g/mol. The van der Waals surface area contributed by atoms with Gasteiger partial charge in [-0.3, -0.25) is 0 Å². The third kappa shape index (κ3) is 4.60. The second-order valence-electron chi connectivity index (χ2n) is 7.32. The van der Waals surface area contributed by atoms with Crippen molar-refractivity contribution in [1.82, 2.24) is 14.5 Å². The summed E-state index contributed by atoms with van der Waals surface area (Å²) >= 11 is 0. The molecule has 0 atom stereocenters. The minimum absolute atomic E-state index is 0.343. The maximum Gasteiger partial charge on any atom is 0.243 e. The minimum atomic E-state index is -3.46. The van der Waals surface area contributed by atoms with Crippen molar-refractivity contribution in [2.24, 2.45) is 0 Å². The number of nitrogens with one attached hydrogen (secondary N) is 1. The number of benzene rings is 2. The molecule has 1 fully saturated rings. The molecule has 0 saturated carbocycles. The number of nitrogens with zero attached hydrogens (tertiary/aromatic N) is 4. The molecule has 2 heterocycles. The third-order valence-electron chi connectivity index (χ3n) is 5.19. The lowest BCUT2D eigenvalue weighted by Crippen LogP contribution is -2.49. The molecule has 1 aliphatic heterocycles. The zero-order valence-corrected chi connectivity index (χ0v) is 17.7. The van der Waals surface area contributed by atoms with Crippen LogP contribution in [0.5, 0.6) is 0 Å². The number of piperazine rings is 1. The fraction of sp³-hybridized carbons (Fsp3) is 0.273. The van der Waals surface area contributed by atoms with Crippen molar-refractivity contribution in [2.75, 3.05) is 36.4 Å². The van der Waals surface area contributed by atoms with Gasteiger partial charge >= 0.3 is 0 Å². The molecule has 0 bridgehead atoms. The van der Waals surface area contributed by atoms with Crippen LogP contribution in [0.2, 0.25) is 0 Å². The Morgan fingerprint density at radius 2 is 1.57 bits per heavy atom. The van der Waals surface area contributed by atoms with Gasteiger partial charge in [0.05, 0.1) is 4.90 Å². The number of rotatable bonds is 6. The van der Waals surface area contributed by atoms with Gasteiger partial charge in [0.25, 0.3) is 0 Å². The number of hydrogen-bond acceptors (Lipinski definition) is 6. The summed E-state index contributed by atoms with van der Waals surface area (Å²) < 4.78 is 27.2. The summed E-state index contributed by atoms with van der Waals surface area (Å²) in [7, 11) is -3.46. The second kappa shape index (κ2) is 8.81. The maximum atomic E-state index is 12.8. The van der Waals surface area contributed by atoms with E-state index in [0.29, 0.717) is 43.4 Å². The topological polar surface area (TPSA) is 78.4 Å². The van der Waals surface area contributed by atoms with Crippen LogP contribution in [-0.4, -0.2) is 49.1 Å². The van der Waals surface area contributed by atoms with Gasteiger partial charge in [0, 0.05) is 32.7 Å². The van der Waals surface area contributed by atoms with Crippen molar-refractivity contribution in [3.63, 3.8) is 0 Å². The van der Waals surface area contributed by atoms with Crippen LogP contribution in [0.15, 0.2) is 71.6 Å². The Hall–Kier alpha value is -2.97. The molecule has 0 radical (unpaired) electrons. The Kier molecular flexibility index (Phi) is 5.96. The Balaban J connectivity index is 1.34. The number of anilines is 2. The quantitative estimate of drug-likeness (QED) is 0.657. The molecule has 1 N–H and O–H groups in total. The van der Waals surface area contributed by atoms with E-state index in [1.165, 1.54) is 9.87 Å². The predicted octanol–water partition coefficient (Wildman–Crippen LogP) is 2.91. The average Bonchev–Trinajstić information content (AvgIpc) is 2.79. The van der Waals surface area contributed by atoms with E-state index in [0.717, 1.165) is 11.4 Å². The molecule has 1 aliphatic rings. The van der Waals surface area contributed by atoms with Gasteiger partial charge in [-0.2, -0.15) is 4.31 Å². The molecule has 0 spiro atoms. The van der Waals surface area contributed by atoms with Crippen molar-refractivity contribution >= 4 is 21.7 Å². The molecule has 7 nitrogen and oxygen atoms in total. The normalized spacial score (nSPS) is 15.2. The molecule has 0 unspecified atom stereocenters. The van der Waals surface area contributed by atoms with Gasteiger partial charge in [-0.1, -0.05) is 48.0 Å². The van der Waals surface area contributed by atoms with Crippen LogP contribution in [0.1, 0.15) is 11.1 Å². The van der Waals surface area contributed by atoms with Crippen LogP contribution in [0.4, 0.5) is 11.6 Å². The number of aromatic nitrogens is 2. The van der Waals surface area contributed by atoms with Crippen molar-refractivity contribution in [1.29, 1.82) is 0 Å². The van der Waals surface area contributed by atoms with Crippen LogP contribution < -0.4 is 10.2 Å². The maximum absolute atomic E-state index is 12.8. The lowest BCUT2D eigenvalue weighted by molar-refractivity contribution is 0.383. The highest BCUT2D eigenvalue weighted by atomic mass is 32.2. The zero-order valence-electron chi connectivity index (χ0n) is 16.9. The molecular weight excluding hydrogens is 398 g/mol. The number of aryl methyl sites for hydroxylation is 1. The molecule has 1 aromatic heterocycles. The van der Waals surface area contributed by atoms with E-state index in [-0.39, 0.29) is 0 Å². The van der Waals surface area contributed by atoms with E-state index >= 15 is 0 Å². The lowest BCUT2D eigenvalue weighted by atomic mass is 10.2. The molecule has 8 heteroatoms. The van der Waals surface area contributed by atoms with Gasteiger partial charge in [-0.25, -0.2) is 8.42 Å². The molecular formula is C22H25N5O2S. The van der Waals surface area contributed by atoms with Gasteiger partial charge in [0.1, 0.15) is 5.82 Å². The molecule has 30 heavy (non-hydrogen) atoms. The van der Waals surface area contributed by atoms with Gasteiger partial charge in [0.15, 0.2) is 5.82 Å². The first kappa shape index (κ1) is 20.3. The van der Waals surface area contributed by atoms with E-state index < -0.39 is 10.0 Å². The summed E-state index contributed by atoms with van der Waals surface area (Å²) in [5, 5.41) is 11.8. The largest absolute Gasteiger partial charge is 0.365 e. The van der Waals surface area contributed by atoms with Gasteiger partial charge in [-0.15, -0.1) is 10.2 Å². The average molecular weight is 424 g/mol. The molecule has 156 valence electrons.